The van der Waals surface area contributed by atoms with E-state index < -0.39 is 5.41 Å². The van der Waals surface area contributed by atoms with Crippen molar-refractivity contribution in [2.24, 2.45) is 0 Å². The fourth-order valence-electron chi connectivity index (χ4n) is 13.8. The highest BCUT2D eigenvalue weighted by molar-refractivity contribution is 7.26. The number of anilines is 6. The third-order valence-electron chi connectivity index (χ3n) is 18.1. The molecule has 9 aromatic carbocycles. The van der Waals surface area contributed by atoms with Crippen LogP contribution in [0.25, 0.3) is 42.4 Å². The second-order valence-corrected chi connectivity index (χ2v) is 28.3. The number of thiophene rings is 1. The van der Waals surface area contributed by atoms with E-state index in [0.29, 0.717) is 0 Å². The number of hydrogen-bond donors (Lipinski definition) is 0. The van der Waals surface area contributed by atoms with Gasteiger partial charge in [-0.1, -0.05) is 217 Å². The van der Waals surface area contributed by atoms with Gasteiger partial charge in [0.25, 0.3) is 0 Å². The predicted octanol–water partition coefficient (Wildman–Crippen LogP) is 21.5. The van der Waals surface area contributed by atoms with Crippen LogP contribution in [0.15, 0.2) is 206 Å². The molecule has 14 rings (SSSR count). The molecular formula is C77H72N2OS. The normalized spacial score (nSPS) is 16.5. The third-order valence-corrected chi connectivity index (χ3v) is 19.2. The van der Waals surface area contributed by atoms with Crippen LogP contribution >= 0.6 is 11.3 Å². The monoisotopic (exact) mass is 1070 g/mol. The molecule has 3 nitrogen and oxygen atoms in total. The molecule has 1 aliphatic heterocycles. The van der Waals surface area contributed by atoms with Crippen LogP contribution in [0.3, 0.4) is 0 Å². The molecule has 3 aliphatic carbocycles. The van der Waals surface area contributed by atoms with E-state index in [-0.39, 0.29) is 33.7 Å². The van der Waals surface area contributed by atoms with Gasteiger partial charge in [-0.05, 0) is 156 Å². The molecule has 0 N–H and O–H groups in total. The molecule has 2 unspecified atom stereocenters. The first-order valence-corrected chi connectivity index (χ1v) is 30.0. The Labute approximate surface area is 483 Å². The van der Waals surface area contributed by atoms with E-state index in [1.165, 1.54) is 98.2 Å². The number of benzene rings is 9. The molecule has 0 bridgehead atoms. The molecule has 2 atom stereocenters. The topological polar surface area (TPSA) is 15.7 Å². The fraction of sp³-hybridized carbons (Fsp3) is 0.247. The van der Waals surface area contributed by atoms with Crippen molar-refractivity contribution in [1.29, 1.82) is 0 Å². The summed E-state index contributed by atoms with van der Waals surface area (Å²) in [4.78, 5) is 5.06. The van der Waals surface area contributed by atoms with Crippen molar-refractivity contribution in [3.8, 4) is 28.0 Å². The number of allylic oxidation sites excluding steroid dienone is 2. The van der Waals surface area contributed by atoms with E-state index in [1.54, 1.807) is 0 Å². The maximum absolute atomic E-state index is 7.58. The van der Waals surface area contributed by atoms with E-state index in [1.807, 2.05) is 11.3 Å². The van der Waals surface area contributed by atoms with Crippen LogP contribution in [-0.2, 0) is 27.1 Å². The van der Waals surface area contributed by atoms with Crippen LogP contribution in [0.2, 0.25) is 0 Å². The first kappa shape index (κ1) is 51.2. The highest BCUT2D eigenvalue weighted by Crippen LogP contribution is 2.70. The molecular weight excluding hydrogens is 1000 g/mol. The van der Waals surface area contributed by atoms with E-state index >= 15 is 0 Å². The number of fused-ring (bicyclic) bond motifs is 18. The fourth-order valence-corrected chi connectivity index (χ4v) is 15.1. The molecule has 0 radical (unpaired) electrons. The Morgan fingerprint density at radius 2 is 0.827 bits per heavy atom. The number of hydrogen-bond acceptors (Lipinski definition) is 4. The Morgan fingerprint density at radius 3 is 1.31 bits per heavy atom. The first-order valence-electron chi connectivity index (χ1n) is 29.2. The lowest BCUT2D eigenvalue weighted by Gasteiger charge is -2.34. The number of nitrogens with zero attached hydrogens (tertiary/aromatic N) is 2. The van der Waals surface area contributed by atoms with E-state index in [0.717, 1.165) is 34.2 Å². The molecule has 0 amide bonds. The van der Waals surface area contributed by atoms with Crippen LogP contribution in [-0.4, -0.2) is 6.10 Å². The standard InChI is InChI=1S/C77H72N2OS/c1-73(2,3)47-29-37-51(38-30-47)78(52-39-31-48(32-40-52)74(4,5)6)63-45-62-70(72-67(63)58-24-16-20-28-66(58)81-72)69-61(77(62)59-25-17-13-21-55(59)56-22-14-18-26-60(56)77)46-64(71-68(69)57-23-15-19-27-65(57)80-71)79(53-41-33-49(34-42-53)75(7,8)9)54-43-35-50(36-44-54)76(10,11)12/h13-46,57,65H,1-12H3. The van der Waals surface area contributed by atoms with Crippen molar-refractivity contribution >= 4 is 65.6 Å². The maximum atomic E-state index is 7.58. The summed E-state index contributed by atoms with van der Waals surface area (Å²) in [5.41, 5.74) is 22.8. The zero-order valence-corrected chi connectivity index (χ0v) is 49.8. The van der Waals surface area contributed by atoms with Crippen molar-refractivity contribution in [2.45, 2.75) is 122 Å². The van der Waals surface area contributed by atoms with Crippen molar-refractivity contribution in [1.82, 2.24) is 0 Å². The van der Waals surface area contributed by atoms with Gasteiger partial charge in [-0.25, -0.2) is 0 Å². The molecule has 402 valence electrons. The van der Waals surface area contributed by atoms with Gasteiger partial charge in [-0.3, -0.25) is 0 Å². The Kier molecular flexibility index (Phi) is 11.4. The quantitative estimate of drug-likeness (QED) is 0.165. The van der Waals surface area contributed by atoms with Crippen LogP contribution in [0.5, 0.6) is 5.75 Å². The van der Waals surface area contributed by atoms with E-state index in [9.17, 15) is 0 Å². The SMILES string of the molecule is CC(C)(C)c1ccc(N(c2ccc(C(C)(C)C)cc2)c2cc3c(c4c2OC2C=CC=CC42)-c2c(cc(N(c4ccc(C(C)(C)C)cc4)c4ccc(C(C)(C)C)cc4)c4c2sc2ccccc24)C32c3ccccc3-c3ccccc32)cc1. The van der Waals surface area contributed by atoms with Gasteiger partial charge in [0.15, 0.2) is 0 Å². The summed E-state index contributed by atoms with van der Waals surface area (Å²) in [6.45, 7) is 27.6. The van der Waals surface area contributed by atoms with Gasteiger partial charge >= 0.3 is 0 Å². The molecule has 4 aliphatic rings. The minimum absolute atomic E-state index is 0.00396. The summed E-state index contributed by atoms with van der Waals surface area (Å²) in [7, 11) is 0. The highest BCUT2D eigenvalue weighted by Gasteiger charge is 2.56. The van der Waals surface area contributed by atoms with Crippen LogP contribution in [0.4, 0.5) is 34.1 Å². The second kappa shape index (κ2) is 18.0. The third kappa shape index (κ3) is 7.87. The number of ether oxygens (including phenoxy) is 1. The molecule has 4 heteroatoms. The summed E-state index contributed by atoms with van der Waals surface area (Å²) in [5.74, 6) is 0.922. The molecule has 0 fully saturated rings. The summed E-state index contributed by atoms with van der Waals surface area (Å²) >= 11 is 1.94. The minimum Gasteiger partial charge on any atom is -0.483 e. The van der Waals surface area contributed by atoms with Crippen LogP contribution in [0.1, 0.15) is 139 Å². The summed E-state index contributed by atoms with van der Waals surface area (Å²) in [5, 5.41) is 2.53. The van der Waals surface area contributed by atoms with Gasteiger partial charge in [0.2, 0.25) is 0 Å². The summed E-state index contributed by atoms with van der Waals surface area (Å²) in [6, 6.07) is 70.3. The molecule has 81 heavy (non-hydrogen) atoms. The Balaban J connectivity index is 1.15. The van der Waals surface area contributed by atoms with Gasteiger partial charge in [0.05, 0.1) is 16.8 Å². The van der Waals surface area contributed by atoms with Crippen LogP contribution < -0.4 is 14.5 Å². The molecule has 1 spiro atoms. The maximum Gasteiger partial charge on any atom is 0.148 e. The lowest BCUT2D eigenvalue weighted by molar-refractivity contribution is 0.269. The highest BCUT2D eigenvalue weighted by atomic mass is 32.1. The molecule has 0 saturated carbocycles. The van der Waals surface area contributed by atoms with Gasteiger partial charge in [-0.2, -0.15) is 0 Å². The largest absolute Gasteiger partial charge is 0.483 e. The predicted molar refractivity (Wildman–Crippen MR) is 345 cm³/mol. The van der Waals surface area contributed by atoms with Crippen molar-refractivity contribution in [3.63, 3.8) is 0 Å². The van der Waals surface area contributed by atoms with Crippen LogP contribution in [0, 0.1) is 0 Å². The molecule has 10 aromatic rings. The zero-order valence-electron chi connectivity index (χ0n) is 49.0. The van der Waals surface area contributed by atoms with Crippen molar-refractivity contribution < 1.29 is 4.74 Å². The van der Waals surface area contributed by atoms with Gasteiger partial charge in [-0.15, -0.1) is 11.3 Å². The molecule has 2 heterocycles. The lowest BCUT2D eigenvalue weighted by Crippen LogP contribution is -2.27. The van der Waals surface area contributed by atoms with Gasteiger partial charge in [0, 0.05) is 60.0 Å². The first-order chi connectivity index (χ1) is 38.7. The Morgan fingerprint density at radius 1 is 0.420 bits per heavy atom. The van der Waals surface area contributed by atoms with Crippen molar-refractivity contribution in [2.75, 3.05) is 9.80 Å². The molecule has 1 aromatic heterocycles. The van der Waals surface area contributed by atoms with Crippen molar-refractivity contribution in [3.05, 3.63) is 256 Å². The smallest absolute Gasteiger partial charge is 0.148 e. The number of rotatable bonds is 6. The van der Waals surface area contributed by atoms with E-state index in [2.05, 4.69) is 299 Å². The average Bonchev–Trinajstić information content (AvgIpc) is 3.76. The summed E-state index contributed by atoms with van der Waals surface area (Å²) in [6.07, 6.45) is 8.92. The van der Waals surface area contributed by atoms with E-state index in [4.69, 9.17) is 4.74 Å². The van der Waals surface area contributed by atoms with Gasteiger partial charge < -0.3 is 14.5 Å². The Hall–Kier alpha value is -7.92. The molecule has 0 saturated heterocycles. The lowest BCUT2D eigenvalue weighted by atomic mass is 9.70. The summed E-state index contributed by atoms with van der Waals surface area (Å²) < 4.78 is 10.2. The average molecular weight is 1070 g/mol. The Bertz CT molecular complexity index is 4060. The minimum atomic E-state index is -0.719. The zero-order chi connectivity index (χ0) is 56.1. The van der Waals surface area contributed by atoms with Gasteiger partial charge in [0.1, 0.15) is 11.9 Å². The second-order valence-electron chi connectivity index (χ2n) is 27.3.